The first-order valence-corrected chi connectivity index (χ1v) is 6.02. The van der Waals surface area contributed by atoms with Gasteiger partial charge in [-0.1, -0.05) is 23.2 Å². The molecule has 88 valence electrons. The second-order valence-electron chi connectivity index (χ2n) is 4.04. The molecule has 2 aromatic rings. The maximum atomic E-state index is 11.9. The van der Waals surface area contributed by atoms with E-state index in [9.17, 15) is 9.59 Å². The highest BCUT2D eigenvalue weighted by Crippen LogP contribution is 2.36. The number of ketones is 2. The quantitative estimate of drug-likeness (QED) is 0.681. The summed E-state index contributed by atoms with van der Waals surface area (Å²) < 4.78 is 0. The summed E-state index contributed by atoms with van der Waals surface area (Å²) >= 11 is 11.9. The standard InChI is InChI=1S/C14H6Cl2O2/c15-7-1-3-9-11(5-7)12-6-8(16)2-4-10(12)14(18)13(9)17/h1-6H. The van der Waals surface area contributed by atoms with Gasteiger partial charge in [-0.15, -0.1) is 0 Å². The molecule has 0 bridgehead atoms. The van der Waals surface area contributed by atoms with Crippen molar-refractivity contribution in [3.8, 4) is 11.1 Å². The van der Waals surface area contributed by atoms with Crippen LogP contribution < -0.4 is 0 Å². The molecule has 1 aliphatic rings. The minimum Gasteiger partial charge on any atom is -0.285 e. The first-order valence-electron chi connectivity index (χ1n) is 5.26. The van der Waals surface area contributed by atoms with Gasteiger partial charge >= 0.3 is 0 Å². The van der Waals surface area contributed by atoms with Gasteiger partial charge in [-0.05, 0) is 47.5 Å². The summed E-state index contributed by atoms with van der Waals surface area (Å²) in [6.07, 6.45) is 0. The third-order valence-electron chi connectivity index (χ3n) is 2.95. The molecule has 0 fully saturated rings. The maximum absolute atomic E-state index is 11.9. The van der Waals surface area contributed by atoms with Crippen molar-refractivity contribution in [1.82, 2.24) is 0 Å². The average Bonchev–Trinajstić information content (AvgIpc) is 2.36. The van der Waals surface area contributed by atoms with Crippen molar-refractivity contribution in [3.63, 3.8) is 0 Å². The van der Waals surface area contributed by atoms with E-state index in [2.05, 4.69) is 0 Å². The molecule has 0 atom stereocenters. The molecular formula is C14H6Cl2O2. The Bertz CT molecular complexity index is 643. The van der Waals surface area contributed by atoms with Crippen molar-refractivity contribution in [2.24, 2.45) is 0 Å². The lowest BCUT2D eigenvalue weighted by Crippen LogP contribution is -2.21. The summed E-state index contributed by atoms with van der Waals surface area (Å²) in [6, 6.07) is 9.69. The summed E-state index contributed by atoms with van der Waals surface area (Å²) in [5.41, 5.74) is 2.06. The number of carbonyl (C=O) groups is 2. The zero-order valence-corrected chi connectivity index (χ0v) is 10.5. The lowest BCUT2D eigenvalue weighted by Gasteiger charge is -2.18. The van der Waals surface area contributed by atoms with Crippen LogP contribution in [-0.4, -0.2) is 11.6 Å². The molecule has 0 N–H and O–H groups in total. The van der Waals surface area contributed by atoms with Gasteiger partial charge in [0.2, 0.25) is 11.6 Å². The zero-order chi connectivity index (χ0) is 12.9. The van der Waals surface area contributed by atoms with E-state index >= 15 is 0 Å². The molecule has 0 spiro atoms. The zero-order valence-electron chi connectivity index (χ0n) is 9.04. The number of halogens is 2. The Morgan fingerprint density at radius 2 is 1.00 bits per heavy atom. The first kappa shape index (κ1) is 11.5. The van der Waals surface area contributed by atoms with Crippen LogP contribution in [0.1, 0.15) is 20.7 Å². The number of Topliss-reactive ketones (excluding diaryl/α,β-unsaturated/α-hetero) is 2. The topological polar surface area (TPSA) is 34.1 Å². The van der Waals surface area contributed by atoms with E-state index in [0.717, 1.165) is 0 Å². The lowest BCUT2D eigenvalue weighted by molar-refractivity contribution is 0.0815. The van der Waals surface area contributed by atoms with E-state index in [1.165, 1.54) is 0 Å². The average molecular weight is 277 g/mol. The van der Waals surface area contributed by atoms with Crippen LogP contribution >= 0.6 is 23.2 Å². The van der Waals surface area contributed by atoms with Crippen molar-refractivity contribution < 1.29 is 9.59 Å². The molecule has 0 saturated carbocycles. The largest absolute Gasteiger partial charge is 0.285 e. The SMILES string of the molecule is O=C1C(=O)c2ccc(Cl)cc2-c2cc(Cl)ccc21. The van der Waals surface area contributed by atoms with Gasteiger partial charge in [0, 0.05) is 21.2 Å². The summed E-state index contributed by atoms with van der Waals surface area (Å²) in [4.78, 5) is 23.9. The number of fused-ring (bicyclic) bond motifs is 3. The van der Waals surface area contributed by atoms with Crippen molar-refractivity contribution in [2.75, 3.05) is 0 Å². The van der Waals surface area contributed by atoms with Crippen LogP contribution in [0, 0.1) is 0 Å². The monoisotopic (exact) mass is 276 g/mol. The molecule has 2 aromatic carbocycles. The van der Waals surface area contributed by atoms with Gasteiger partial charge in [-0.2, -0.15) is 0 Å². The number of rotatable bonds is 0. The summed E-state index contributed by atoms with van der Waals surface area (Å²) in [6.45, 7) is 0. The smallest absolute Gasteiger partial charge is 0.234 e. The van der Waals surface area contributed by atoms with Crippen molar-refractivity contribution >= 4 is 34.8 Å². The van der Waals surface area contributed by atoms with Crippen molar-refractivity contribution in [3.05, 3.63) is 57.6 Å². The molecular weight excluding hydrogens is 271 g/mol. The minimum absolute atomic E-state index is 0.374. The molecule has 0 aliphatic heterocycles. The van der Waals surface area contributed by atoms with Crippen LogP contribution in [0.2, 0.25) is 10.0 Å². The summed E-state index contributed by atoms with van der Waals surface area (Å²) in [5.74, 6) is -1.01. The number of hydrogen-bond donors (Lipinski definition) is 0. The van der Waals surface area contributed by atoms with Crippen LogP contribution in [-0.2, 0) is 0 Å². The minimum atomic E-state index is -0.503. The predicted molar refractivity (Wildman–Crippen MR) is 70.6 cm³/mol. The van der Waals surface area contributed by atoms with Gasteiger partial charge in [-0.3, -0.25) is 9.59 Å². The van der Waals surface area contributed by atoms with E-state index in [4.69, 9.17) is 23.2 Å². The molecule has 2 nitrogen and oxygen atoms in total. The number of hydrogen-bond acceptors (Lipinski definition) is 2. The maximum Gasteiger partial charge on any atom is 0.234 e. The van der Waals surface area contributed by atoms with E-state index in [-0.39, 0.29) is 0 Å². The molecule has 0 amide bonds. The third-order valence-corrected chi connectivity index (χ3v) is 3.42. The van der Waals surface area contributed by atoms with Gasteiger partial charge in [0.1, 0.15) is 0 Å². The van der Waals surface area contributed by atoms with E-state index in [1.807, 2.05) is 0 Å². The van der Waals surface area contributed by atoms with E-state index in [1.54, 1.807) is 36.4 Å². The molecule has 0 radical (unpaired) electrons. The predicted octanol–water partition coefficient (Wildman–Crippen LogP) is 4.04. The second kappa shape index (κ2) is 3.94. The Balaban J connectivity index is 2.40. The van der Waals surface area contributed by atoms with Gasteiger partial charge in [-0.25, -0.2) is 0 Å². The van der Waals surface area contributed by atoms with Crippen LogP contribution in [0.4, 0.5) is 0 Å². The summed E-state index contributed by atoms with van der Waals surface area (Å²) in [5, 5.41) is 1.03. The normalized spacial score (nSPS) is 13.2. The number of carbonyl (C=O) groups excluding carboxylic acids is 2. The Hall–Kier alpha value is -1.64. The van der Waals surface area contributed by atoms with Crippen LogP contribution in [0.3, 0.4) is 0 Å². The van der Waals surface area contributed by atoms with E-state index < -0.39 is 11.6 Å². The highest BCUT2D eigenvalue weighted by Gasteiger charge is 2.30. The molecule has 0 aromatic heterocycles. The fourth-order valence-corrected chi connectivity index (χ4v) is 2.46. The highest BCUT2D eigenvalue weighted by molar-refractivity contribution is 6.53. The van der Waals surface area contributed by atoms with Gasteiger partial charge in [0.05, 0.1) is 0 Å². The Labute approximate surface area is 113 Å². The van der Waals surface area contributed by atoms with Gasteiger partial charge < -0.3 is 0 Å². The first-order chi connectivity index (χ1) is 8.58. The lowest BCUT2D eigenvalue weighted by atomic mass is 9.84. The molecule has 1 aliphatic carbocycles. The Kier molecular flexibility index (Phi) is 2.51. The van der Waals surface area contributed by atoms with Crippen LogP contribution in [0.25, 0.3) is 11.1 Å². The highest BCUT2D eigenvalue weighted by atomic mass is 35.5. The van der Waals surface area contributed by atoms with Crippen LogP contribution in [0.5, 0.6) is 0 Å². The fourth-order valence-electron chi connectivity index (χ4n) is 2.12. The molecule has 0 unspecified atom stereocenters. The van der Waals surface area contributed by atoms with E-state index in [0.29, 0.717) is 32.3 Å². The van der Waals surface area contributed by atoms with Gasteiger partial charge in [0.25, 0.3) is 0 Å². The molecule has 18 heavy (non-hydrogen) atoms. The van der Waals surface area contributed by atoms with Crippen molar-refractivity contribution in [2.45, 2.75) is 0 Å². The summed E-state index contributed by atoms with van der Waals surface area (Å²) in [7, 11) is 0. The Morgan fingerprint density at radius 1 is 0.611 bits per heavy atom. The second-order valence-corrected chi connectivity index (χ2v) is 4.91. The molecule has 0 saturated heterocycles. The van der Waals surface area contributed by atoms with Crippen molar-refractivity contribution in [1.29, 1.82) is 0 Å². The van der Waals surface area contributed by atoms with Gasteiger partial charge in [0.15, 0.2) is 0 Å². The molecule has 0 heterocycles. The fraction of sp³-hybridized carbons (Fsp3) is 0. The third kappa shape index (κ3) is 1.57. The molecule has 4 heteroatoms. The molecule has 3 rings (SSSR count). The Morgan fingerprint density at radius 3 is 1.39 bits per heavy atom. The number of benzene rings is 2. The van der Waals surface area contributed by atoms with Crippen LogP contribution in [0.15, 0.2) is 36.4 Å².